The molecule has 0 spiro atoms. The van der Waals surface area contributed by atoms with Gasteiger partial charge in [-0.1, -0.05) is 38.1 Å². The molecule has 1 fully saturated rings. The molecule has 0 amide bonds. The van der Waals surface area contributed by atoms with E-state index in [0.29, 0.717) is 5.56 Å². The number of hydrogen-bond donors (Lipinski definition) is 0. The average Bonchev–Trinajstić information content (AvgIpc) is 2.77. The van der Waals surface area contributed by atoms with Crippen molar-refractivity contribution in [1.82, 2.24) is 0 Å². The van der Waals surface area contributed by atoms with Gasteiger partial charge in [0.2, 0.25) is 0 Å². The molecule has 1 aliphatic heterocycles. The van der Waals surface area contributed by atoms with Crippen LogP contribution in [-0.2, 0) is 14.9 Å². The molecule has 0 saturated carbocycles. The van der Waals surface area contributed by atoms with Gasteiger partial charge in [-0.2, -0.15) is 0 Å². The van der Waals surface area contributed by atoms with E-state index in [1.165, 1.54) is 18.2 Å². The summed E-state index contributed by atoms with van der Waals surface area (Å²) in [5.74, 6) is 0.601. The lowest BCUT2D eigenvalue weighted by atomic mass is 9.70. The van der Waals surface area contributed by atoms with Crippen molar-refractivity contribution in [2.24, 2.45) is 0 Å². The van der Waals surface area contributed by atoms with Crippen molar-refractivity contribution >= 4 is 5.97 Å². The van der Waals surface area contributed by atoms with Gasteiger partial charge in [0.1, 0.15) is 5.75 Å². The maximum absolute atomic E-state index is 12.0. The Bertz CT molecular complexity index is 877. The smallest absolute Gasteiger partial charge is 0.338 e. The fourth-order valence-electron chi connectivity index (χ4n) is 4.56. The Kier molecular flexibility index (Phi) is 7.19. The number of esters is 1. The van der Waals surface area contributed by atoms with E-state index in [1.807, 2.05) is 13.0 Å². The van der Waals surface area contributed by atoms with E-state index in [2.05, 4.69) is 51.1 Å². The van der Waals surface area contributed by atoms with Crippen LogP contribution in [-0.4, -0.2) is 26.0 Å². The third-order valence-electron chi connectivity index (χ3n) is 6.52. The summed E-state index contributed by atoms with van der Waals surface area (Å²) >= 11 is 0. The van der Waals surface area contributed by atoms with Crippen LogP contribution >= 0.6 is 0 Å². The number of benzene rings is 2. The molecule has 2 aromatic carbocycles. The van der Waals surface area contributed by atoms with Gasteiger partial charge in [0, 0.05) is 11.8 Å². The number of rotatable bonds is 7. The van der Waals surface area contributed by atoms with E-state index in [4.69, 9.17) is 14.2 Å². The zero-order chi connectivity index (χ0) is 21.7. The predicted octanol–water partition coefficient (Wildman–Crippen LogP) is 6.10. The Morgan fingerprint density at radius 2 is 1.70 bits per heavy atom. The predicted molar refractivity (Wildman–Crippen MR) is 119 cm³/mol. The first-order valence-electron chi connectivity index (χ1n) is 11.0. The Hall–Kier alpha value is -2.33. The number of methoxy groups -OCH3 is 1. The van der Waals surface area contributed by atoms with Crippen LogP contribution in [0.5, 0.6) is 5.75 Å². The van der Waals surface area contributed by atoms with Crippen molar-refractivity contribution in [2.75, 3.05) is 13.7 Å². The largest absolute Gasteiger partial charge is 0.465 e. The summed E-state index contributed by atoms with van der Waals surface area (Å²) in [6, 6.07) is 12.6. The number of carbonyl (C=O) groups is 1. The number of ether oxygens (including phenoxy) is 3. The van der Waals surface area contributed by atoms with Crippen molar-refractivity contribution in [1.29, 1.82) is 0 Å². The molecule has 4 heteroatoms. The highest BCUT2D eigenvalue weighted by molar-refractivity contribution is 5.91. The quantitative estimate of drug-likeness (QED) is 0.517. The van der Waals surface area contributed by atoms with Crippen LogP contribution < -0.4 is 4.74 Å². The topological polar surface area (TPSA) is 44.8 Å². The van der Waals surface area contributed by atoms with Crippen LogP contribution in [0.25, 0.3) is 0 Å². The highest BCUT2D eigenvalue weighted by atomic mass is 16.7. The summed E-state index contributed by atoms with van der Waals surface area (Å²) in [6.07, 6.45) is 5.00. The van der Waals surface area contributed by atoms with Gasteiger partial charge in [-0.05, 0) is 73.9 Å². The molecule has 0 bridgehead atoms. The summed E-state index contributed by atoms with van der Waals surface area (Å²) in [6.45, 7) is 9.30. The minimum Gasteiger partial charge on any atom is -0.465 e. The summed E-state index contributed by atoms with van der Waals surface area (Å²) in [7, 11) is 1.42. The summed E-state index contributed by atoms with van der Waals surface area (Å²) < 4.78 is 16.8. The van der Waals surface area contributed by atoms with Crippen LogP contribution in [0, 0.1) is 13.8 Å². The molecule has 30 heavy (non-hydrogen) atoms. The molecule has 1 saturated heterocycles. The lowest BCUT2D eigenvalue weighted by molar-refractivity contribution is -0.106. The highest BCUT2D eigenvalue weighted by Gasteiger charge is 2.32. The molecule has 0 aliphatic carbocycles. The highest BCUT2D eigenvalue weighted by Crippen LogP contribution is 2.41. The lowest BCUT2D eigenvalue weighted by Gasteiger charge is -2.34. The molecule has 1 heterocycles. The second-order valence-corrected chi connectivity index (χ2v) is 8.20. The minimum absolute atomic E-state index is 0.121. The van der Waals surface area contributed by atoms with Crippen LogP contribution in [0.4, 0.5) is 0 Å². The van der Waals surface area contributed by atoms with Gasteiger partial charge in [-0.3, -0.25) is 0 Å². The van der Waals surface area contributed by atoms with E-state index in [9.17, 15) is 4.79 Å². The Morgan fingerprint density at radius 3 is 2.23 bits per heavy atom. The first kappa shape index (κ1) is 22.4. The number of aryl methyl sites for hydroxylation is 2. The van der Waals surface area contributed by atoms with Crippen molar-refractivity contribution in [3.63, 3.8) is 0 Å². The van der Waals surface area contributed by atoms with E-state index >= 15 is 0 Å². The van der Waals surface area contributed by atoms with Gasteiger partial charge in [0.25, 0.3) is 0 Å². The Balaban J connectivity index is 1.94. The standard InChI is InChI=1S/C26H34O4/c1-6-26(7-2,20-11-13-22(18(3)16-20)25(27)28-5)21-12-14-23(19(4)17-21)30-24-10-8-9-15-29-24/h11-14,16-17,24H,6-10,15H2,1-5H3. The maximum Gasteiger partial charge on any atom is 0.338 e. The van der Waals surface area contributed by atoms with Gasteiger partial charge in [0.15, 0.2) is 6.29 Å². The SMILES string of the molecule is CCC(CC)(c1ccc(OC2CCCCO2)c(C)c1)c1ccc(C(=O)OC)c(C)c1. The Labute approximate surface area is 180 Å². The fraction of sp³-hybridized carbons (Fsp3) is 0.500. The van der Waals surface area contributed by atoms with E-state index in [-0.39, 0.29) is 17.7 Å². The molecule has 162 valence electrons. The maximum atomic E-state index is 12.0. The molecule has 0 N–H and O–H groups in total. The molecule has 2 aromatic rings. The van der Waals surface area contributed by atoms with Crippen molar-refractivity contribution in [2.45, 2.75) is 71.5 Å². The van der Waals surface area contributed by atoms with E-state index in [1.54, 1.807) is 0 Å². The normalized spacial score (nSPS) is 16.9. The van der Waals surface area contributed by atoms with Crippen LogP contribution in [0.3, 0.4) is 0 Å². The molecule has 4 nitrogen and oxygen atoms in total. The number of carbonyl (C=O) groups excluding carboxylic acids is 1. The second-order valence-electron chi connectivity index (χ2n) is 8.20. The van der Waals surface area contributed by atoms with Gasteiger partial charge in [0.05, 0.1) is 19.3 Å². The Morgan fingerprint density at radius 1 is 1.03 bits per heavy atom. The van der Waals surface area contributed by atoms with Crippen molar-refractivity contribution in [3.8, 4) is 5.75 Å². The minimum atomic E-state index is -0.292. The zero-order valence-electron chi connectivity index (χ0n) is 18.9. The molecule has 1 unspecified atom stereocenters. The first-order chi connectivity index (χ1) is 14.4. The van der Waals surface area contributed by atoms with E-state index in [0.717, 1.165) is 55.6 Å². The molecular formula is C26H34O4. The van der Waals surface area contributed by atoms with Crippen LogP contribution in [0.15, 0.2) is 36.4 Å². The van der Waals surface area contributed by atoms with Gasteiger partial charge in [-0.15, -0.1) is 0 Å². The summed E-state index contributed by atoms with van der Waals surface area (Å²) in [5, 5.41) is 0. The third kappa shape index (κ3) is 4.39. The van der Waals surface area contributed by atoms with E-state index < -0.39 is 0 Å². The number of hydrogen-bond acceptors (Lipinski definition) is 4. The van der Waals surface area contributed by atoms with Crippen LogP contribution in [0.1, 0.15) is 78.6 Å². The first-order valence-corrected chi connectivity index (χ1v) is 11.0. The monoisotopic (exact) mass is 410 g/mol. The van der Waals surface area contributed by atoms with Gasteiger partial charge < -0.3 is 14.2 Å². The third-order valence-corrected chi connectivity index (χ3v) is 6.52. The fourth-order valence-corrected chi connectivity index (χ4v) is 4.56. The van der Waals surface area contributed by atoms with Gasteiger partial charge >= 0.3 is 5.97 Å². The summed E-state index contributed by atoms with van der Waals surface area (Å²) in [4.78, 5) is 12.0. The zero-order valence-corrected chi connectivity index (χ0v) is 18.9. The van der Waals surface area contributed by atoms with Crippen molar-refractivity contribution in [3.05, 3.63) is 64.2 Å². The van der Waals surface area contributed by atoms with Gasteiger partial charge in [-0.25, -0.2) is 4.79 Å². The molecule has 3 rings (SSSR count). The molecule has 0 aromatic heterocycles. The second kappa shape index (κ2) is 9.65. The van der Waals surface area contributed by atoms with Crippen LogP contribution in [0.2, 0.25) is 0 Å². The molecular weight excluding hydrogens is 376 g/mol. The molecule has 1 aliphatic rings. The summed E-state index contributed by atoms with van der Waals surface area (Å²) in [5.41, 5.74) is 5.06. The molecule has 0 radical (unpaired) electrons. The van der Waals surface area contributed by atoms with Crippen molar-refractivity contribution < 1.29 is 19.0 Å². The average molecular weight is 411 g/mol. The lowest BCUT2D eigenvalue weighted by Crippen LogP contribution is -2.27. The molecule has 1 atom stereocenters.